The molecule has 37 heavy (non-hydrogen) atoms. The molecule has 204 valence electrons. The zero-order valence-electron chi connectivity index (χ0n) is 20.3. The van der Waals surface area contributed by atoms with Crippen LogP contribution < -0.4 is 5.32 Å². The molecule has 1 fully saturated rings. The molecule has 1 aliphatic rings. The lowest BCUT2D eigenvalue weighted by atomic mass is 9.91. The van der Waals surface area contributed by atoms with Gasteiger partial charge in [-0.3, -0.25) is 9.00 Å². The van der Waals surface area contributed by atoms with Crippen LogP contribution in [-0.4, -0.2) is 40.7 Å². The molecule has 1 amide bonds. The standard InChI is InChI=1S/C26H29F6NO3S/c1-3-4-15-36-24(25(27,28)29,26(30,31)32)21-11-9-20(10-12-21)23(34)33-16-18-7-13-22(14-8-18)37(2,35)17-19-5-6-19/h7-14,19H,2-6,15-17H2,1H3,(H,33,34). The number of carbonyl (C=O) groups is 1. The molecule has 2 aromatic carbocycles. The van der Waals surface area contributed by atoms with Crippen molar-refractivity contribution in [1.29, 1.82) is 0 Å². The summed E-state index contributed by atoms with van der Waals surface area (Å²) in [7, 11) is -2.39. The largest absolute Gasteiger partial charge is 0.430 e. The van der Waals surface area contributed by atoms with Gasteiger partial charge in [-0.25, -0.2) is 0 Å². The fourth-order valence-electron chi connectivity index (χ4n) is 3.86. The van der Waals surface area contributed by atoms with Crippen molar-refractivity contribution in [2.75, 3.05) is 12.4 Å². The van der Waals surface area contributed by atoms with E-state index < -0.39 is 45.6 Å². The molecule has 1 saturated carbocycles. The van der Waals surface area contributed by atoms with E-state index in [1.165, 1.54) is 0 Å². The molecular formula is C26H29F6NO3S. The highest BCUT2D eigenvalue weighted by atomic mass is 32.2. The highest BCUT2D eigenvalue weighted by Gasteiger charge is 2.73. The number of unbranched alkanes of at least 4 members (excludes halogenated alkanes) is 1. The lowest BCUT2D eigenvalue weighted by Crippen LogP contribution is -2.56. The molecule has 0 bridgehead atoms. The number of hydrogen-bond acceptors (Lipinski definition) is 3. The average molecular weight is 550 g/mol. The molecule has 0 aromatic heterocycles. The van der Waals surface area contributed by atoms with Crippen LogP contribution in [0.5, 0.6) is 0 Å². The van der Waals surface area contributed by atoms with Gasteiger partial charge in [0, 0.05) is 34.9 Å². The molecule has 11 heteroatoms. The van der Waals surface area contributed by atoms with Crippen LogP contribution in [0.15, 0.2) is 53.4 Å². The molecule has 0 spiro atoms. The molecule has 0 radical (unpaired) electrons. The van der Waals surface area contributed by atoms with Crippen LogP contribution in [0.25, 0.3) is 0 Å². The lowest BCUT2D eigenvalue weighted by molar-refractivity contribution is -0.389. The summed E-state index contributed by atoms with van der Waals surface area (Å²) in [6, 6.07) is 9.76. The zero-order chi connectivity index (χ0) is 27.5. The molecule has 1 aliphatic carbocycles. The van der Waals surface area contributed by atoms with Crippen molar-refractivity contribution in [3.05, 3.63) is 65.2 Å². The normalized spacial score (nSPS) is 16.3. The number of nitrogens with one attached hydrogen (secondary N) is 1. The van der Waals surface area contributed by atoms with E-state index in [0.717, 1.165) is 25.0 Å². The second-order valence-electron chi connectivity index (χ2n) is 9.20. The smallest absolute Gasteiger partial charge is 0.354 e. The maximum absolute atomic E-state index is 13.8. The van der Waals surface area contributed by atoms with Crippen molar-refractivity contribution in [3.63, 3.8) is 0 Å². The molecule has 1 atom stereocenters. The van der Waals surface area contributed by atoms with Crippen molar-refractivity contribution in [3.8, 4) is 0 Å². The van der Waals surface area contributed by atoms with Gasteiger partial charge in [0.05, 0.1) is 0 Å². The topological polar surface area (TPSA) is 55.4 Å². The van der Waals surface area contributed by atoms with E-state index in [9.17, 15) is 35.3 Å². The maximum Gasteiger partial charge on any atom is 0.430 e. The lowest BCUT2D eigenvalue weighted by Gasteiger charge is -2.37. The Hall–Kier alpha value is -2.53. The van der Waals surface area contributed by atoms with E-state index in [1.54, 1.807) is 31.2 Å². The van der Waals surface area contributed by atoms with Crippen molar-refractivity contribution in [1.82, 2.24) is 5.32 Å². The summed E-state index contributed by atoms with van der Waals surface area (Å²) in [5.41, 5.74) is -5.10. The van der Waals surface area contributed by atoms with Crippen LogP contribution in [0.2, 0.25) is 0 Å². The van der Waals surface area contributed by atoms with Crippen LogP contribution in [0.1, 0.15) is 54.1 Å². The minimum Gasteiger partial charge on any atom is -0.354 e. The molecule has 1 unspecified atom stereocenters. The first-order valence-electron chi connectivity index (χ1n) is 11.8. The summed E-state index contributed by atoms with van der Waals surface area (Å²) in [6.07, 6.45) is -9.08. The quantitative estimate of drug-likeness (QED) is 0.205. The Morgan fingerprint density at radius 3 is 2.05 bits per heavy atom. The second-order valence-corrected chi connectivity index (χ2v) is 11.6. The van der Waals surface area contributed by atoms with Gasteiger partial charge >= 0.3 is 12.4 Å². The SMILES string of the molecule is C=S(=O)(CC1CC1)c1ccc(CNC(=O)c2ccc(C(OCCCC)(C(F)(F)F)C(F)(F)F)cc2)cc1. The maximum atomic E-state index is 13.8. The Morgan fingerprint density at radius 2 is 1.57 bits per heavy atom. The molecule has 3 rings (SSSR count). The van der Waals surface area contributed by atoms with Gasteiger partial charge in [-0.15, -0.1) is 0 Å². The minimum absolute atomic E-state index is 0.0157. The van der Waals surface area contributed by atoms with E-state index in [0.29, 0.717) is 40.7 Å². The van der Waals surface area contributed by atoms with Crippen molar-refractivity contribution in [2.45, 2.75) is 62.0 Å². The molecule has 0 heterocycles. The van der Waals surface area contributed by atoms with E-state index in [-0.39, 0.29) is 18.5 Å². The minimum atomic E-state index is -5.77. The van der Waals surface area contributed by atoms with Gasteiger partial charge < -0.3 is 10.1 Å². The Labute approximate surface area is 212 Å². The van der Waals surface area contributed by atoms with Gasteiger partial charge in [0.15, 0.2) is 0 Å². The van der Waals surface area contributed by atoms with Crippen molar-refractivity contribution >= 4 is 21.3 Å². The summed E-state index contributed by atoms with van der Waals surface area (Å²) < 4.78 is 99.9. The van der Waals surface area contributed by atoms with Gasteiger partial charge in [-0.2, -0.15) is 26.3 Å². The van der Waals surface area contributed by atoms with Crippen LogP contribution in [0.4, 0.5) is 26.3 Å². The second kappa shape index (κ2) is 11.1. The van der Waals surface area contributed by atoms with Crippen LogP contribution in [0, 0.1) is 5.92 Å². The first-order chi connectivity index (χ1) is 17.2. The molecule has 2 aromatic rings. The number of ether oxygens (including phenoxy) is 1. The van der Waals surface area contributed by atoms with Gasteiger partial charge in [0.25, 0.3) is 11.5 Å². The number of alkyl halides is 6. The summed E-state index contributed by atoms with van der Waals surface area (Å²) in [5, 5.41) is 2.57. The highest BCUT2D eigenvalue weighted by Crippen LogP contribution is 2.53. The molecule has 1 N–H and O–H groups in total. The van der Waals surface area contributed by atoms with E-state index in [1.807, 2.05) is 0 Å². The summed E-state index contributed by atoms with van der Waals surface area (Å²) in [5.74, 6) is 4.14. The fraction of sp³-hybridized carbons (Fsp3) is 0.462. The van der Waals surface area contributed by atoms with Gasteiger partial charge in [-0.1, -0.05) is 37.6 Å². The van der Waals surface area contributed by atoms with Gasteiger partial charge in [0.2, 0.25) is 0 Å². The average Bonchev–Trinajstić information content (AvgIpc) is 3.62. The molecule has 0 saturated heterocycles. The Balaban J connectivity index is 1.72. The number of carbonyl (C=O) groups excluding carboxylic acids is 1. The Bertz CT molecular complexity index is 1150. The third-order valence-electron chi connectivity index (χ3n) is 6.18. The predicted octanol–water partition coefficient (Wildman–Crippen LogP) is 6.24. The predicted molar refractivity (Wildman–Crippen MR) is 130 cm³/mol. The van der Waals surface area contributed by atoms with E-state index in [4.69, 9.17) is 0 Å². The number of hydrogen-bond donors (Lipinski definition) is 1. The number of amides is 1. The zero-order valence-corrected chi connectivity index (χ0v) is 21.1. The first kappa shape index (κ1) is 29.0. The summed E-state index contributed by atoms with van der Waals surface area (Å²) >= 11 is 0. The van der Waals surface area contributed by atoms with Gasteiger partial charge in [-0.05, 0) is 70.4 Å². The molecular weight excluding hydrogens is 520 g/mol. The van der Waals surface area contributed by atoms with Crippen molar-refractivity contribution in [2.24, 2.45) is 5.92 Å². The number of benzene rings is 2. The fourth-order valence-corrected chi connectivity index (χ4v) is 5.78. The summed E-state index contributed by atoms with van der Waals surface area (Å²) in [4.78, 5) is 13.1. The highest BCUT2D eigenvalue weighted by molar-refractivity contribution is 8.00. The first-order valence-corrected chi connectivity index (χ1v) is 13.7. The van der Waals surface area contributed by atoms with Crippen LogP contribution in [0.3, 0.4) is 0 Å². The third-order valence-corrected chi connectivity index (χ3v) is 8.32. The molecule has 4 nitrogen and oxygen atoms in total. The van der Waals surface area contributed by atoms with Crippen LogP contribution >= 0.6 is 0 Å². The van der Waals surface area contributed by atoms with Gasteiger partial charge in [0.1, 0.15) is 0 Å². The third kappa shape index (κ3) is 6.67. The Kier molecular flexibility index (Phi) is 8.68. The van der Waals surface area contributed by atoms with E-state index >= 15 is 0 Å². The Morgan fingerprint density at radius 1 is 1.00 bits per heavy atom. The number of halogens is 6. The van der Waals surface area contributed by atoms with Crippen LogP contribution in [-0.2, 0) is 26.4 Å². The number of rotatable bonds is 11. The van der Waals surface area contributed by atoms with Crippen molar-refractivity contribution < 1.29 is 40.1 Å². The monoisotopic (exact) mass is 549 g/mol. The van der Waals surface area contributed by atoms with E-state index in [2.05, 4.69) is 15.9 Å². The summed E-state index contributed by atoms with van der Waals surface area (Å²) in [6.45, 7) is 0.930. The molecule has 0 aliphatic heterocycles.